The van der Waals surface area contributed by atoms with Gasteiger partial charge >= 0.3 is 0 Å². The van der Waals surface area contributed by atoms with Crippen LogP contribution in [0.5, 0.6) is 5.88 Å². The Labute approximate surface area is 111 Å². The van der Waals surface area contributed by atoms with Crippen LogP contribution in [0, 0.1) is 0 Å². The van der Waals surface area contributed by atoms with Gasteiger partial charge in [-0.1, -0.05) is 12.1 Å². The zero-order chi connectivity index (χ0) is 13.7. The number of pyridine rings is 1. The van der Waals surface area contributed by atoms with E-state index in [9.17, 15) is 4.79 Å². The van der Waals surface area contributed by atoms with Crippen molar-refractivity contribution in [3.05, 3.63) is 53.7 Å². The summed E-state index contributed by atoms with van der Waals surface area (Å²) in [5.74, 6) is 0.171. The van der Waals surface area contributed by atoms with E-state index in [4.69, 9.17) is 10.5 Å². The van der Waals surface area contributed by atoms with Crippen molar-refractivity contribution in [3.63, 3.8) is 0 Å². The Morgan fingerprint density at radius 2 is 2.05 bits per heavy atom. The second-order valence-corrected chi connectivity index (χ2v) is 3.92. The van der Waals surface area contributed by atoms with Crippen molar-refractivity contribution in [3.8, 4) is 5.88 Å². The van der Waals surface area contributed by atoms with Crippen molar-refractivity contribution in [2.24, 2.45) is 5.73 Å². The fourth-order valence-corrected chi connectivity index (χ4v) is 1.64. The van der Waals surface area contributed by atoms with Crippen LogP contribution in [-0.2, 0) is 6.54 Å². The molecular weight excluding hydrogens is 242 g/mol. The van der Waals surface area contributed by atoms with Crippen LogP contribution >= 0.6 is 0 Å². The number of rotatable bonds is 4. The van der Waals surface area contributed by atoms with E-state index in [0.29, 0.717) is 23.7 Å². The molecule has 0 aliphatic heterocycles. The van der Waals surface area contributed by atoms with E-state index in [1.54, 1.807) is 30.5 Å². The first-order chi connectivity index (χ1) is 9.24. The minimum Gasteiger partial charge on any atom is -0.480 e. The van der Waals surface area contributed by atoms with Gasteiger partial charge in [-0.25, -0.2) is 4.98 Å². The van der Waals surface area contributed by atoms with E-state index >= 15 is 0 Å². The predicted molar refractivity (Wildman–Crippen MR) is 73.1 cm³/mol. The number of carbonyl (C=O) groups excluding carboxylic acids is 1. The van der Waals surface area contributed by atoms with Crippen molar-refractivity contribution in [2.75, 3.05) is 12.4 Å². The average Bonchev–Trinajstić information content (AvgIpc) is 2.48. The molecule has 1 heterocycles. The van der Waals surface area contributed by atoms with Crippen LogP contribution in [0.25, 0.3) is 0 Å². The van der Waals surface area contributed by atoms with Crippen LogP contribution in [0.2, 0.25) is 0 Å². The van der Waals surface area contributed by atoms with Gasteiger partial charge in [-0.3, -0.25) is 4.79 Å². The van der Waals surface area contributed by atoms with Crippen molar-refractivity contribution in [2.45, 2.75) is 6.54 Å². The zero-order valence-electron chi connectivity index (χ0n) is 10.6. The highest BCUT2D eigenvalue weighted by molar-refractivity contribution is 6.04. The van der Waals surface area contributed by atoms with Crippen LogP contribution < -0.4 is 15.8 Å². The lowest BCUT2D eigenvalue weighted by atomic mass is 10.1. The fraction of sp³-hybridized carbons (Fsp3) is 0.143. The van der Waals surface area contributed by atoms with Gasteiger partial charge in [0.2, 0.25) is 5.88 Å². The maximum absolute atomic E-state index is 12.1. The lowest BCUT2D eigenvalue weighted by Gasteiger charge is -2.08. The molecule has 1 amide bonds. The summed E-state index contributed by atoms with van der Waals surface area (Å²) >= 11 is 0. The molecule has 0 radical (unpaired) electrons. The number of amides is 1. The molecule has 0 atom stereocenters. The van der Waals surface area contributed by atoms with Gasteiger partial charge in [-0.15, -0.1) is 0 Å². The normalized spacial score (nSPS) is 10.0. The number of methoxy groups -OCH3 is 1. The molecule has 0 aliphatic carbocycles. The maximum atomic E-state index is 12.1. The maximum Gasteiger partial charge on any atom is 0.255 e. The molecule has 0 fully saturated rings. The Morgan fingerprint density at radius 3 is 2.68 bits per heavy atom. The Morgan fingerprint density at radius 1 is 1.32 bits per heavy atom. The third kappa shape index (κ3) is 3.08. The number of nitrogens with one attached hydrogen (secondary N) is 1. The highest BCUT2D eigenvalue weighted by atomic mass is 16.5. The van der Waals surface area contributed by atoms with Gasteiger partial charge in [0.05, 0.1) is 7.11 Å². The molecule has 3 N–H and O–H groups in total. The van der Waals surface area contributed by atoms with E-state index in [2.05, 4.69) is 10.3 Å². The molecule has 0 saturated carbocycles. The van der Waals surface area contributed by atoms with Gasteiger partial charge in [-0.2, -0.15) is 0 Å². The number of aromatic nitrogens is 1. The lowest BCUT2D eigenvalue weighted by molar-refractivity contribution is 0.102. The summed E-state index contributed by atoms with van der Waals surface area (Å²) in [5.41, 5.74) is 7.59. The molecule has 5 heteroatoms. The minimum atomic E-state index is -0.213. The predicted octanol–water partition coefficient (Wildman–Crippen LogP) is 1.80. The van der Waals surface area contributed by atoms with Crippen molar-refractivity contribution in [1.82, 2.24) is 4.98 Å². The molecule has 0 bridgehead atoms. The molecule has 0 spiro atoms. The van der Waals surface area contributed by atoms with E-state index in [1.807, 2.05) is 12.1 Å². The van der Waals surface area contributed by atoms with Gasteiger partial charge in [0.1, 0.15) is 5.69 Å². The van der Waals surface area contributed by atoms with Crippen LogP contribution in [0.3, 0.4) is 0 Å². The summed E-state index contributed by atoms with van der Waals surface area (Å²) in [6.07, 6.45) is 1.60. The Kier molecular flexibility index (Phi) is 4.10. The van der Waals surface area contributed by atoms with Gasteiger partial charge in [0, 0.05) is 18.3 Å². The molecule has 2 rings (SSSR count). The second-order valence-electron chi connectivity index (χ2n) is 3.92. The Bertz CT molecular complexity index is 567. The van der Waals surface area contributed by atoms with Crippen LogP contribution in [-0.4, -0.2) is 18.0 Å². The number of benzene rings is 1. The summed E-state index contributed by atoms with van der Waals surface area (Å²) in [4.78, 5) is 16.1. The number of nitrogens with two attached hydrogens (primary N) is 1. The molecule has 5 nitrogen and oxygen atoms in total. The smallest absolute Gasteiger partial charge is 0.255 e. The van der Waals surface area contributed by atoms with Gasteiger partial charge in [-0.05, 0) is 29.8 Å². The average molecular weight is 257 g/mol. The summed E-state index contributed by atoms with van der Waals surface area (Å²) in [6, 6.07) is 10.6. The molecule has 0 saturated heterocycles. The van der Waals surface area contributed by atoms with Crippen molar-refractivity contribution < 1.29 is 9.53 Å². The van der Waals surface area contributed by atoms with Crippen molar-refractivity contribution >= 4 is 11.6 Å². The third-order valence-electron chi connectivity index (χ3n) is 2.66. The third-order valence-corrected chi connectivity index (χ3v) is 2.66. The van der Waals surface area contributed by atoms with Gasteiger partial charge in [0.15, 0.2) is 0 Å². The first-order valence-corrected chi connectivity index (χ1v) is 5.84. The summed E-state index contributed by atoms with van der Waals surface area (Å²) in [5, 5.41) is 2.76. The monoisotopic (exact) mass is 257 g/mol. The second kappa shape index (κ2) is 5.97. The number of anilines is 1. The number of ether oxygens (including phenoxy) is 1. The molecule has 1 aromatic carbocycles. The first-order valence-electron chi connectivity index (χ1n) is 5.84. The molecule has 19 heavy (non-hydrogen) atoms. The molecule has 98 valence electrons. The van der Waals surface area contributed by atoms with Crippen LogP contribution in [0.4, 0.5) is 5.69 Å². The van der Waals surface area contributed by atoms with E-state index in [-0.39, 0.29) is 5.91 Å². The lowest BCUT2D eigenvalue weighted by Crippen LogP contribution is -2.13. The van der Waals surface area contributed by atoms with Gasteiger partial charge < -0.3 is 15.8 Å². The largest absolute Gasteiger partial charge is 0.480 e. The van der Waals surface area contributed by atoms with Gasteiger partial charge in [0.25, 0.3) is 5.91 Å². The van der Waals surface area contributed by atoms with Crippen LogP contribution in [0.15, 0.2) is 42.6 Å². The Hall–Kier alpha value is -2.40. The number of carbonyl (C=O) groups is 1. The quantitative estimate of drug-likeness (QED) is 0.875. The Balaban J connectivity index is 2.16. The number of hydrogen-bond acceptors (Lipinski definition) is 4. The number of hydrogen-bond donors (Lipinski definition) is 2. The summed E-state index contributed by atoms with van der Waals surface area (Å²) in [6.45, 7) is 0.457. The standard InChI is InChI=1S/C14H15N3O2/c1-19-14-12(3-2-8-16-14)17-13(18)11-6-4-10(9-15)5-7-11/h2-8H,9,15H2,1H3,(H,17,18). The SMILES string of the molecule is COc1ncccc1NC(=O)c1ccc(CN)cc1. The first kappa shape index (κ1) is 13.0. The molecule has 2 aromatic rings. The number of nitrogens with zero attached hydrogens (tertiary/aromatic N) is 1. The molecule has 0 aliphatic rings. The highest BCUT2D eigenvalue weighted by Crippen LogP contribution is 2.20. The summed E-state index contributed by atoms with van der Waals surface area (Å²) in [7, 11) is 1.51. The van der Waals surface area contributed by atoms with E-state index < -0.39 is 0 Å². The van der Waals surface area contributed by atoms with E-state index in [0.717, 1.165) is 5.56 Å². The topological polar surface area (TPSA) is 77.2 Å². The summed E-state index contributed by atoms with van der Waals surface area (Å²) < 4.78 is 5.08. The minimum absolute atomic E-state index is 0.213. The molecule has 1 aromatic heterocycles. The molecular formula is C14H15N3O2. The molecule has 0 unspecified atom stereocenters. The van der Waals surface area contributed by atoms with E-state index in [1.165, 1.54) is 7.11 Å². The van der Waals surface area contributed by atoms with Crippen LogP contribution in [0.1, 0.15) is 15.9 Å². The fourth-order valence-electron chi connectivity index (χ4n) is 1.64. The zero-order valence-corrected chi connectivity index (χ0v) is 10.6. The highest BCUT2D eigenvalue weighted by Gasteiger charge is 2.09. The van der Waals surface area contributed by atoms with Crippen molar-refractivity contribution in [1.29, 1.82) is 0 Å².